The van der Waals surface area contributed by atoms with Crippen molar-refractivity contribution < 1.29 is 105 Å². The molecule has 0 radical (unpaired) electrons. The molecule has 0 saturated carbocycles. The molecule has 4 rings (SSSR count). The standard InChI is InChI=1S/C18H18N8O7S3.2Na.3H2O/c1-25-18(22-12(28)13(29)23-25)36-4-6-3-34-15-9(14(30)26(15)10(6)16(31)32)21-11(27)8(24-33-2)7-5-35-17(19)20-7;;;;;/h5,9,15H,3-4H2,1-2H3,(H2,19,20)(H,21,27)(H,23,29)(H,31,32);;;3*1H2/q;2*+1;;;/p-2/b24-8-;;;;;/t9-,15-;;;;;/m1...../s1. The number of thiazole rings is 1. The summed E-state index contributed by atoms with van der Waals surface area (Å²) in [6, 6.07) is -1.03. The van der Waals surface area contributed by atoms with Crippen molar-refractivity contribution in [3.8, 4) is 5.88 Å². The van der Waals surface area contributed by atoms with Crippen molar-refractivity contribution in [1.82, 2.24) is 30.0 Å². The number of amides is 2. The van der Waals surface area contributed by atoms with Gasteiger partial charge in [0.15, 0.2) is 16.0 Å². The SMILES string of the molecule is CO/N=C(\C(=O)N[C@@H]1C(=O)N2C(C(=O)[O-])=C(CSc3nc(=O)c([O-])nn3C)CS[C@H]12)c1csc(N)n1.O.O.O.[Na+].[Na+]. The average Bonchev–Trinajstić information content (AvgIpc) is 3.27. The van der Waals surface area contributed by atoms with E-state index in [0.717, 1.165) is 32.7 Å². The summed E-state index contributed by atoms with van der Waals surface area (Å²) >= 11 is 3.31. The Bertz CT molecular complexity index is 1390. The van der Waals surface area contributed by atoms with Gasteiger partial charge in [-0.05, 0) is 5.57 Å². The second-order valence-electron chi connectivity index (χ2n) is 7.21. The van der Waals surface area contributed by atoms with Crippen LogP contribution in [0.1, 0.15) is 5.69 Å². The maximum absolute atomic E-state index is 12.9. The first-order valence-corrected chi connectivity index (χ1v) is 12.8. The summed E-state index contributed by atoms with van der Waals surface area (Å²) in [6.45, 7) is 0. The number of nitrogens with one attached hydrogen (secondary N) is 1. The minimum atomic E-state index is -1.57. The van der Waals surface area contributed by atoms with Gasteiger partial charge in [0.25, 0.3) is 17.4 Å². The number of aromatic nitrogens is 4. The van der Waals surface area contributed by atoms with E-state index in [1.165, 1.54) is 31.3 Å². The average molecular weight is 653 g/mol. The molecule has 2 amide bonds. The van der Waals surface area contributed by atoms with Crippen LogP contribution >= 0.6 is 34.9 Å². The molecule has 1 saturated heterocycles. The van der Waals surface area contributed by atoms with Crippen LogP contribution in [0.4, 0.5) is 5.13 Å². The third-order valence-corrected chi connectivity index (χ3v) is 8.08. The number of carbonyl (C=O) groups is 3. The second-order valence-corrected chi connectivity index (χ2v) is 10.1. The van der Waals surface area contributed by atoms with Gasteiger partial charge < -0.3 is 47.3 Å². The van der Waals surface area contributed by atoms with Crippen molar-refractivity contribution in [2.24, 2.45) is 12.2 Å². The summed E-state index contributed by atoms with van der Waals surface area (Å²) in [5.41, 5.74) is 4.57. The van der Waals surface area contributed by atoms with Crippen LogP contribution in [0.25, 0.3) is 0 Å². The predicted octanol–water partition coefficient (Wildman–Crippen LogP) is -11.6. The van der Waals surface area contributed by atoms with Gasteiger partial charge in [-0.2, -0.15) is 10.1 Å². The molecule has 2 aromatic rings. The topological polar surface area (TPSA) is 315 Å². The fourth-order valence-corrected chi connectivity index (χ4v) is 6.33. The molecule has 18 nitrogen and oxygen atoms in total. The Labute approximate surface area is 287 Å². The molecule has 4 heterocycles. The number of rotatable bonds is 8. The number of thioether (sulfide) groups is 2. The largest absolute Gasteiger partial charge is 1.00 e. The first kappa shape index (κ1) is 41.4. The molecule has 0 unspecified atom stereocenters. The van der Waals surface area contributed by atoms with Crippen LogP contribution in [0, 0.1) is 0 Å². The van der Waals surface area contributed by atoms with Gasteiger partial charge in [0.1, 0.15) is 24.2 Å². The van der Waals surface area contributed by atoms with Gasteiger partial charge in [-0.25, -0.2) is 9.67 Å². The van der Waals surface area contributed by atoms with Crippen LogP contribution in [-0.4, -0.2) is 94.6 Å². The van der Waals surface area contributed by atoms with E-state index in [1.54, 1.807) is 0 Å². The number of carboxylic acids is 1. The molecule has 0 aromatic carbocycles. The van der Waals surface area contributed by atoms with Gasteiger partial charge in [0.05, 0.1) is 17.5 Å². The Kier molecular flexibility index (Phi) is 17.5. The molecule has 0 spiro atoms. The van der Waals surface area contributed by atoms with Crippen molar-refractivity contribution in [3.63, 3.8) is 0 Å². The maximum atomic E-state index is 12.9. The Hall–Kier alpha value is -1.76. The number of nitrogens with two attached hydrogens (primary N) is 1. The molecular formula is C18H22N8Na2O10S3. The van der Waals surface area contributed by atoms with Gasteiger partial charge in [-0.1, -0.05) is 16.9 Å². The van der Waals surface area contributed by atoms with Crippen LogP contribution in [0.2, 0.25) is 0 Å². The van der Waals surface area contributed by atoms with Gasteiger partial charge in [-0.15, -0.1) is 23.1 Å². The normalized spacial score (nSPS) is 17.2. The third-order valence-electron chi connectivity index (χ3n) is 4.96. The number of hydrogen-bond donors (Lipinski definition) is 2. The smallest absolute Gasteiger partial charge is 0.854 e. The first-order valence-electron chi connectivity index (χ1n) is 9.89. The van der Waals surface area contributed by atoms with E-state index < -0.39 is 40.6 Å². The molecule has 2 aromatic heterocycles. The van der Waals surface area contributed by atoms with Crippen LogP contribution in [0.3, 0.4) is 0 Å². The van der Waals surface area contributed by atoms with Crippen molar-refractivity contribution in [3.05, 3.63) is 32.7 Å². The Morgan fingerprint density at radius 1 is 1.27 bits per heavy atom. The summed E-state index contributed by atoms with van der Waals surface area (Å²) in [5.74, 6) is -3.74. The molecule has 1 fully saturated rings. The van der Waals surface area contributed by atoms with E-state index in [1.807, 2.05) is 0 Å². The number of carbonyl (C=O) groups excluding carboxylic acids is 3. The minimum Gasteiger partial charge on any atom is -0.854 e. The molecule has 214 valence electrons. The molecule has 0 aliphatic carbocycles. The number of anilines is 1. The summed E-state index contributed by atoms with van der Waals surface area (Å²) in [5, 5.41) is 34.1. The van der Waals surface area contributed by atoms with E-state index >= 15 is 0 Å². The molecule has 2 aliphatic heterocycles. The maximum Gasteiger partial charge on any atom is 1.00 e. The Balaban J connectivity index is 0. The molecule has 23 heteroatoms. The number of hydrogen-bond acceptors (Lipinski definition) is 15. The van der Waals surface area contributed by atoms with Gasteiger partial charge in [0, 0.05) is 23.9 Å². The molecule has 2 atom stereocenters. The predicted molar refractivity (Wildman–Crippen MR) is 135 cm³/mol. The monoisotopic (exact) mass is 652 g/mol. The fraction of sp³-hybridized carbons (Fsp3) is 0.333. The van der Waals surface area contributed by atoms with Crippen molar-refractivity contribution >= 4 is 63.5 Å². The third kappa shape index (κ3) is 8.64. The first-order chi connectivity index (χ1) is 17.1. The van der Waals surface area contributed by atoms with Crippen LogP contribution in [-0.2, 0) is 26.3 Å². The van der Waals surface area contributed by atoms with Crippen LogP contribution in [0.5, 0.6) is 5.88 Å². The van der Waals surface area contributed by atoms with Crippen LogP contribution in [0.15, 0.2) is 31.8 Å². The quantitative estimate of drug-likeness (QED) is 0.0880. The van der Waals surface area contributed by atoms with Crippen molar-refractivity contribution in [2.75, 3.05) is 24.3 Å². The molecule has 9 N–H and O–H groups in total. The number of aryl methyl sites for hydroxylation is 1. The zero-order valence-electron chi connectivity index (χ0n) is 22.0. The van der Waals surface area contributed by atoms with Gasteiger partial charge in [0.2, 0.25) is 0 Å². The molecule has 0 bridgehead atoms. The van der Waals surface area contributed by atoms with E-state index in [2.05, 4.69) is 25.5 Å². The zero-order valence-corrected chi connectivity index (χ0v) is 28.4. The van der Waals surface area contributed by atoms with Crippen LogP contribution < -0.4 is 85.9 Å². The number of fused-ring (bicyclic) bond motifs is 1. The number of aliphatic carboxylic acids is 1. The van der Waals surface area contributed by atoms with Gasteiger partial charge in [-0.3, -0.25) is 19.3 Å². The zero-order chi connectivity index (χ0) is 26.1. The summed E-state index contributed by atoms with van der Waals surface area (Å²) in [7, 11) is 2.66. The number of nitrogen functional groups attached to an aromatic ring is 1. The molecular weight excluding hydrogens is 630 g/mol. The van der Waals surface area contributed by atoms with Crippen molar-refractivity contribution in [2.45, 2.75) is 16.6 Å². The summed E-state index contributed by atoms with van der Waals surface area (Å²) in [4.78, 5) is 62.5. The van der Waals surface area contributed by atoms with E-state index in [9.17, 15) is 29.4 Å². The second kappa shape index (κ2) is 17.4. The minimum absolute atomic E-state index is 0. The Morgan fingerprint density at radius 2 is 1.93 bits per heavy atom. The van der Waals surface area contributed by atoms with E-state index in [0.29, 0.717) is 5.57 Å². The Morgan fingerprint density at radius 3 is 2.49 bits per heavy atom. The summed E-state index contributed by atoms with van der Waals surface area (Å²) < 4.78 is 1.11. The number of carboxylic acid groups (broad SMARTS) is 1. The number of nitrogens with zero attached hydrogens (tertiary/aromatic N) is 6. The molecule has 41 heavy (non-hydrogen) atoms. The van der Waals surface area contributed by atoms with Gasteiger partial charge >= 0.3 is 59.1 Å². The molecule has 2 aliphatic rings. The summed E-state index contributed by atoms with van der Waals surface area (Å²) in [6.07, 6.45) is 0. The fourth-order valence-electron chi connectivity index (χ4n) is 3.39. The van der Waals surface area contributed by atoms with E-state index in [-0.39, 0.29) is 114 Å². The number of β-lactam (4-membered cyclic amide) rings is 1. The van der Waals surface area contributed by atoms with Crippen molar-refractivity contribution in [1.29, 1.82) is 0 Å². The number of oxime groups is 1. The van der Waals surface area contributed by atoms with E-state index in [4.69, 9.17) is 10.6 Å².